The minimum atomic E-state index is -0.161. The van der Waals surface area contributed by atoms with E-state index in [2.05, 4.69) is 14.9 Å². The van der Waals surface area contributed by atoms with E-state index in [-0.39, 0.29) is 17.4 Å². The second kappa shape index (κ2) is 10.9. The molecule has 1 atom stereocenters. The fourth-order valence-electron chi connectivity index (χ4n) is 5.45. The number of methoxy groups -OCH3 is 1. The monoisotopic (exact) mass is 528 g/mol. The first-order chi connectivity index (χ1) is 19.1. The molecule has 2 aromatic carbocycles. The number of carbonyl (C=O) groups is 1. The van der Waals surface area contributed by atoms with Crippen molar-refractivity contribution in [3.8, 4) is 11.5 Å². The summed E-state index contributed by atoms with van der Waals surface area (Å²) in [6, 6.07) is 17.4. The lowest BCUT2D eigenvalue weighted by Crippen LogP contribution is -2.52. The van der Waals surface area contributed by atoms with Gasteiger partial charge in [-0.1, -0.05) is 24.3 Å². The third-order valence-corrected chi connectivity index (χ3v) is 7.60. The van der Waals surface area contributed by atoms with Gasteiger partial charge >= 0.3 is 0 Å². The molecule has 39 heavy (non-hydrogen) atoms. The molecular weight excluding hydrogens is 496 g/mol. The molecule has 0 aliphatic carbocycles. The number of ether oxygens (including phenoxy) is 2. The summed E-state index contributed by atoms with van der Waals surface area (Å²) in [6.45, 7) is 4.83. The SMILES string of the molecule is COCCn1ncc(N2CCC(C(=O)N3CCN(C4=Nc5ccccc5Oc5ccccc54)CC3)C2)cc1=O. The van der Waals surface area contributed by atoms with E-state index in [0.717, 1.165) is 47.2 Å². The fourth-order valence-corrected chi connectivity index (χ4v) is 5.45. The second-order valence-corrected chi connectivity index (χ2v) is 10.0. The number of piperazine rings is 1. The molecule has 0 saturated carbocycles. The van der Waals surface area contributed by atoms with Gasteiger partial charge in [-0.15, -0.1) is 0 Å². The molecule has 2 fully saturated rings. The summed E-state index contributed by atoms with van der Waals surface area (Å²) >= 11 is 0. The van der Waals surface area contributed by atoms with Crippen LogP contribution in [-0.4, -0.2) is 84.3 Å². The maximum absolute atomic E-state index is 13.5. The Morgan fingerprint density at radius 2 is 1.77 bits per heavy atom. The van der Waals surface area contributed by atoms with Gasteiger partial charge in [0.2, 0.25) is 5.91 Å². The largest absolute Gasteiger partial charge is 0.454 e. The zero-order chi connectivity index (χ0) is 26.8. The van der Waals surface area contributed by atoms with Crippen molar-refractivity contribution < 1.29 is 14.3 Å². The van der Waals surface area contributed by atoms with Crippen LogP contribution in [0.5, 0.6) is 11.5 Å². The van der Waals surface area contributed by atoms with Gasteiger partial charge in [0.25, 0.3) is 5.56 Å². The Morgan fingerprint density at radius 3 is 2.56 bits per heavy atom. The van der Waals surface area contributed by atoms with Crippen molar-refractivity contribution in [3.63, 3.8) is 0 Å². The number of benzene rings is 2. The van der Waals surface area contributed by atoms with E-state index in [1.807, 2.05) is 53.4 Å². The Labute approximate surface area is 227 Å². The van der Waals surface area contributed by atoms with E-state index in [4.69, 9.17) is 14.5 Å². The number of aromatic nitrogens is 2. The van der Waals surface area contributed by atoms with Gasteiger partial charge in [-0.25, -0.2) is 9.67 Å². The number of amidine groups is 1. The van der Waals surface area contributed by atoms with Crippen molar-refractivity contribution in [2.45, 2.75) is 13.0 Å². The van der Waals surface area contributed by atoms with Gasteiger partial charge in [-0.05, 0) is 30.7 Å². The first kappa shape index (κ1) is 25.1. The molecule has 6 rings (SSSR count). The van der Waals surface area contributed by atoms with Crippen LogP contribution in [-0.2, 0) is 16.1 Å². The van der Waals surface area contributed by atoms with E-state index in [1.54, 1.807) is 19.4 Å². The van der Waals surface area contributed by atoms with E-state index >= 15 is 0 Å². The van der Waals surface area contributed by atoms with Gasteiger partial charge in [0.05, 0.1) is 36.5 Å². The number of nitrogens with zero attached hydrogens (tertiary/aromatic N) is 6. The first-order valence-corrected chi connectivity index (χ1v) is 13.4. The van der Waals surface area contributed by atoms with Gasteiger partial charge in [0, 0.05) is 52.4 Å². The van der Waals surface area contributed by atoms with E-state index < -0.39 is 0 Å². The molecule has 1 aromatic heterocycles. The van der Waals surface area contributed by atoms with Crippen molar-refractivity contribution in [1.82, 2.24) is 19.6 Å². The molecule has 202 valence electrons. The highest BCUT2D eigenvalue weighted by Gasteiger charge is 2.34. The van der Waals surface area contributed by atoms with Crippen LogP contribution in [0.3, 0.4) is 0 Å². The molecular formula is C29H32N6O4. The number of rotatable bonds is 5. The summed E-state index contributed by atoms with van der Waals surface area (Å²) in [6.07, 6.45) is 2.47. The zero-order valence-corrected chi connectivity index (χ0v) is 22.0. The van der Waals surface area contributed by atoms with E-state index in [0.29, 0.717) is 45.9 Å². The standard InChI is InChI=1S/C29H32N6O4/c1-38-17-16-35-27(36)18-22(19-30-35)34-11-10-21(20-34)29(37)33-14-12-32(13-15-33)28-23-6-2-4-8-25(23)39-26-9-5-3-7-24(26)31-28/h2-9,18-19,21H,10-17,20H2,1H3. The van der Waals surface area contributed by atoms with Crippen LogP contribution in [0.1, 0.15) is 12.0 Å². The third-order valence-electron chi connectivity index (χ3n) is 7.60. The number of anilines is 1. The van der Waals surface area contributed by atoms with Crippen LogP contribution >= 0.6 is 0 Å². The fraction of sp³-hybridized carbons (Fsp3) is 0.379. The van der Waals surface area contributed by atoms with Gasteiger partial charge in [-0.2, -0.15) is 5.10 Å². The number of aliphatic imine (C=N–C) groups is 1. The minimum Gasteiger partial charge on any atom is -0.454 e. The maximum atomic E-state index is 13.5. The lowest BCUT2D eigenvalue weighted by Gasteiger charge is -2.37. The first-order valence-electron chi connectivity index (χ1n) is 13.4. The molecule has 10 nitrogen and oxygen atoms in total. The molecule has 1 unspecified atom stereocenters. The summed E-state index contributed by atoms with van der Waals surface area (Å²) in [4.78, 5) is 37.2. The molecule has 3 aliphatic rings. The topological polar surface area (TPSA) is 92.5 Å². The summed E-state index contributed by atoms with van der Waals surface area (Å²) in [5.41, 5.74) is 2.36. The van der Waals surface area contributed by atoms with Crippen LogP contribution in [0.15, 0.2) is 70.6 Å². The van der Waals surface area contributed by atoms with Gasteiger partial charge < -0.3 is 24.2 Å². The highest BCUT2D eigenvalue weighted by atomic mass is 16.5. The molecule has 0 radical (unpaired) electrons. The van der Waals surface area contributed by atoms with Crippen LogP contribution in [0.4, 0.5) is 11.4 Å². The van der Waals surface area contributed by atoms with Gasteiger partial charge in [-0.3, -0.25) is 9.59 Å². The number of hydrogen-bond acceptors (Lipinski definition) is 8. The molecule has 10 heteroatoms. The van der Waals surface area contributed by atoms with E-state index in [1.165, 1.54) is 4.68 Å². The zero-order valence-electron chi connectivity index (χ0n) is 22.0. The molecule has 1 amide bonds. The Hall–Kier alpha value is -4.18. The quantitative estimate of drug-likeness (QED) is 0.503. The van der Waals surface area contributed by atoms with E-state index in [9.17, 15) is 9.59 Å². The molecule has 2 saturated heterocycles. The molecule has 3 aromatic rings. The van der Waals surface area contributed by atoms with Crippen molar-refractivity contribution in [3.05, 3.63) is 76.7 Å². The van der Waals surface area contributed by atoms with Crippen molar-refractivity contribution in [2.24, 2.45) is 10.9 Å². The average molecular weight is 529 g/mol. The summed E-state index contributed by atoms with van der Waals surface area (Å²) in [7, 11) is 1.60. The predicted molar refractivity (Wildman–Crippen MR) is 148 cm³/mol. The molecule has 3 aliphatic heterocycles. The average Bonchev–Trinajstić information content (AvgIpc) is 3.40. The number of amides is 1. The molecule has 0 bridgehead atoms. The van der Waals surface area contributed by atoms with Crippen LogP contribution < -0.4 is 15.2 Å². The lowest BCUT2D eigenvalue weighted by atomic mass is 10.1. The maximum Gasteiger partial charge on any atom is 0.268 e. The summed E-state index contributed by atoms with van der Waals surface area (Å²) < 4.78 is 12.6. The summed E-state index contributed by atoms with van der Waals surface area (Å²) in [5.74, 6) is 2.48. The number of para-hydroxylation sites is 3. The molecule has 4 heterocycles. The van der Waals surface area contributed by atoms with Gasteiger partial charge in [0.1, 0.15) is 17.3 Å². The van der Waals surface area contributed by atoms with Crippen LogP contribution in [0, 0.1) is 5.92 Å². The number of carbonyl (C=O) groups excluding carboxylic acids is 1. The highest BCUT2D eigenvalue weighted by molar-refractivity contribution is 6.03. The normalized spacial score (nSPS) is 18.6. The second-order valence-electron chi connectivity index (χ2n) is 10.0. The van der Waals surface area contributed by atoms with Crippen LogP contribution in [0.25, 0.3) is 0 Å². The number of fused-ring (bicyclic) bond motifs is 2. The molecule has 0 N–H and O–H groups in total. The smallest absolute Gasteiger partial charge is 0.268 e. The lowest BCUT2D eigenvalue weighted by molar-refractivity contribution is -0.136. The highest BCUT2D eigenvalue weighted by Crippen LogP contribution is 2.38. The third kappa shape index (κ3) is 5.12. The minimum absolute atomic E-state index is 0.0938. The van der Waals surface area contributed by atoms with Gasteiger partial charge in [0.15, 0.2) is 5.75 Å². The Kier molecular flexibility index (Phi) is 7.02. The van der Waals surface area contributed by atoms with Crippen molar-refractivity contribution >= 4 is 23.1 Å². The predicted octanol–water partition coefficient (Wildman–Crippen LogP) is 2.74. The Balaban J connectivity index is 1.11. The number of hydrogen-bond donors (Lipinski definition) is 0. The Bertz CT molecular complexity index is 1450. The van der Waals surface area contributed by atoms with Crippen molar-refractivity contribution in [1.29, 1.82) is 0 Å². The van der Waals surface area contributed by atoms with Crippen LogP contribution in [0.2, 0.25) is 0 Å². The summed E-state index contributed by atoms with van der Waals surface area (Å²) in [5, 5.41) is 4.27. The molecule has 0 spiro atoms. The van der Waals surface area contributed by atoms with Crippen molar-refractivity contribution in [2.75, 3.05) is 57.9 Å². The Morgan fingerprint density at radius 1 is 1.00 bits per heavy atom.